The molecule has 6 nitrogen and oxygen atoms in total. The molecule has 0 unspecified atom stereocenters. The summed E-state index contributed by atoms with van der Waals surface area (Å²) in [5.74, 6) is 1.11. The largest absolute Gasteiger partial charge is 0.289 e. The van der Waals surface area contributed by atoms with Gasteiger partial charge in [-0.2, -0.15) is 0 Å². The third-order valence-corrected chi connectivity index (χ3v) is 4.19. The lowest BCUT2D eigenvalue weighted by molar-refractivity contribution is 0.102. The number of aryl methyl sites for hydroxylation is 2. The van der Waals surface area contributed by atoms with Gasteiger partial charge in [-0.3, -0.25) is 10.1 Å². The summed E-state index contributed by atoms with van der Waals surface area (Å²) < 4.78 is 1.42. The molecule has 0 atom stereocenters. The van der Waals surface area contributed by atoms with Crippen molar-refractivity contribution in [2.75, 3.05) is 11.1 Å². The van der Waals surface area contributed by atoms with Gasteiger partial charge in [-0.15, -0.1) is 11.8 Å². The van der Waals surface area contributed by atoms with Crippen molar-refractivity contribution in [1.82, 2.24) is 20.2 Å². The number of nitrogens with one attached hydrogen (secondary N) is 1. The average molecular weight is 291 g/mol. The zero-order valence-corrected chi connectivity index (χ0v) is 12.8. The van der Waals surface area contributed by atoms with Crippen molar-refractivity contribution >= 4 is 23.6 Å². The maximum atomic E-state index is 12.3. The summed E-state index contributed by atoms with van der Waals surface area (Å²) in [6.45, 7) is 6.12. The quantitative estimate of drug-likeness (QED) is 0.874. The van der Waals surface area contributed by atoms with Crippen LogP contribution in [0.25, 0.3) is 0 Å². The minimum atomic E-state index is -0.196. The van der Waals surface area contributed by atoms with E-state index in [1.165, 1.54) is 10.2 Å². The van der Waals surface area contributed by atoms with Crippen LogP contribution in [0.15, 0.2) is 17.0 Å². The first-order valence-electron chi connectivity index (χ1n) is 6.31. The lowest BCUT2D eigenvalue weighted by Crippen LogP contribution is -2.17. The number of aromatic nitrogens is 4. The Morgan fingerprint density at radius 2 is 2.15 bits per heavy atom. The van der Waals surface area contributed by atoms with Crippen molar-refractivity contribution in [3.63, 3.8) is 0 Å². The molecule has 1 amide bonds. The second-order valence-electron chi connectivity index (χ2n) is 4.40. The molecule has 0 aliphatic heterocycles. The maximum absolute atomic E-state index is 12.3. The molecular weight excluding hydrogens is 274 g/mol. The van der Waals surface area contributed by atoms with E-state index in [1.54, 1.807) is 18.8 Å². The number of hydrogen-bond donors (Lipinski definition) is 1. The van der Waals surface area contributed by atoms with Crippen LogP contribution in [0, 0.1) is 13.8 Å². The smallest absolute Gasteiger partial charge is 0.258 e. The summed E-state index contributed by atoms with van der Waals surface area (Å²) in [6, 6.07) is 3.80. The molecule has 0 saturated heterocycles. The van der Waals surface area contributed by atoms with Crippen LogP contribution in [-0.4, -0.2) is 31.9 Å². The minimum Gasteiger partial charge on any atom is -0.289 e. The highest BCUT2D eigenvalue weighted by atomic mass is 32.2. The van der Waals surface area contributed by atoms with Gasteiger partial charge in [0.25, 0.3) is 5.91 Å². The Morgan fingerprint density at radius 1 is 1.40 bits per heavy atom. The summed E-state index contributed by atoms with van der Waals surface area (Å²) in [6.07, 6.45) is 0. The van der Waals surface area contributed by atoms with E-state index in [-0.39, 0.29) is 5.91 Å². The standard InChI is InChI=1S/C13H17N5OS/c1-5-20-11-8(2)6-7-10(9(11)3)12(19)14-13-15-16-17-18(13)4/h6-7H,5H2,1-4H3,(H,14,15,17,19). The van der Waals surface area contributed by atoms with E-state index >= 15 is 0 Å². The molecule has 106 valence electrons. The zero-order chi connectivity index (χ0) is 14.7. The molecule has 2 aromatic rings. The van der Waals surface area contributed by atoms with Gasteiger partial charge < -0.3 is 0 Å². The van der Waals surface area contributed by atoms with E-state index in [4.69, 9.17) is 0 Å². The van der Waals surface area contributed by atoms with E-state index in [2.05, 4.69) is 34.7 Å². The first-order chi connectivity index (χ1) is 9.54. The van der Waals surface area contributed by atoms with Crippen LogP contribution in [-0.2, 0) is 7.05 Å². The van der Waals surface area contributed by atoms with Gasteiger partial charge in [0.2, 0.25) is 5.95 Å². The number of hydrogen-bond acceptors (Lipinski definition) is 5. The minimum absolute atomic E-state index is 0.196. The number of benzene rings is 1. The van der Waals surface area contributed by atoms with Crippen molar-refractivity contribution < 1.29 is 4.79 Å². The number of nitrogens with zero attached hydrogens (tertiary/aromatic N) is 4. The van der Waals surface area contributed by atoms with Crippen LogP contribution in [0.2, 0.25) is 0 Å². The van der Waals surface area contributed by atoms with Crippen molar-refractivity contribution in [1.29, 1.82) is 0 Å². The second kappa shape index (κ2) is 6.04. The summed E-state index contributed by atoms with van der Waals surface area (Å²) in [5, 5.41) is 13.6. The molecule has 0 bridgehead atoms. The lowest BCUT2D eigenvalue weighted by Gasteiger charge is -2.12. The van der Waals surface area contributed by atoms with Crippen LogP contribution in [0.4, 0.5) is 5.95 Å². The molecule has 1 aromatic carbocycles. The third-order valence-electron chi connectivity index (χ3n) is 2.98. The van der Waals surface area contributed by atoms with Gasteiger partial charge in [-0.1, -0.05) is 18.1 Å². The van der Waals surface area contributed by atoms with Crippen LogP contribution in [0.1, 0.15) is 28.4 Å². The number of amides is 1. The molecule has 1 heterocycles. The van der Waals surface area contributed by atoms with Gasteiger partial charge in [0.15, 0.2) is 0 Å². The predicted molar refractivity (Wildman–Crippen MR) is 79.1 cm³/mol. The first kappa shape index (κ1) is 14.5. The first-order valence-corrected chi connectivity index (χ1v) is 7.29. The van der Waals surface area contributed by atoms with Crippen molar-refractivity contribution in [2.24, 2.45) is 7.05 Å². The van der Waals surface area contributed by atoms with E-state index in [9.17, 15) is 4.79 Å². The number of rotatable bonds is 4. The Balaban J connectivity index is 2.31. The second-order valence-corrected chi connectivity index (χ2v) is 5.67. The summed E-state index contributed by atoms with van der Waals surface area (Å²) in [7, 11) is 1.68. The predicted octanol–water partition coefficient (Wildman–Crippen LogP) is 2.19. The fourth-order valence-corrected chi connectivity index (χ4v) is 2.85. The van der Waals surface area contributed by atoms with E-state index in [0.29, 0.717) is 11.5 Å². The molecule has 1 aromatic heterocycles. The van der Waals surface area contributed by atoms with Gasteiger partial charge in [0, 0.05) is 17.5 Å². The molecule has 0 saturated carbocycles. The van der Waals surface area contributed by atoms with E-state index in [0.717, 1.165) is 16.2 Å². The van der Waals surface area contributed by atoms with E-state index < -0.39 is 0 Å². The van der Waals surface area contributed by atoms with Crippen LogP contribution < -0.4 is 5.32 Å². The van der Waals surface area contributed by atoms with Crippen molar-refractivity contribution in [3.05, 3.63) is 28.8 Å². The molecule has 0 aliphatic carbocycles. The number of anilines is 1. The molecule has 7 heteroatoms. The molecule has 0 aliphatic rings. The van der Waals surface area contributed by atoms with Crippen molar-refractivity contribution in [3.8, 4) is 0 Å². The van der Waals surface area contributed by atoms with Crippen LogP contribution >= 0.6 is 11.8 Å². The number of thioether (sulfide) groups is 1. The average Bonchev–Trinajstić information content (AvgIpc) is 2.80. The maximum Gasteiger partial charge on any atom is 0.258 e. The fourth-order valence-electron chi connectivity index (χ4n) is 1.94. The van der Waals surface area contributed by atoms with E-state index in [1.807, 2.05) is 19.1 Å². The van der Waals surface area contributed by atoms with Crippen LogP contribution in [0.5, 0.6) is 0 Å². The zero-order valence-electron chi connectivity index (χ0n) is 12.0. The van der Waals surface area contributed by atoms with Crippen molar-refractivity contribution in [2.45, 2.75) is 25.7 Å². The molecular formula is C13H17N5OS. The SMILES string of the molecule is CCSc1c(C)ccc(C(=O)Nc2nnnn2C)c1C. The molecule has 0 spiro atoms. The summed E-state index contributed by atoms with van der Waals surface area (Å²) in [5.41, 5.74) is 2.82. The van der Waals surface area contributed by atoms with Gasteiger partial charge >= 0.3 is 0 Å². The summed E-state index contributed by atoms with van der Waals surface area (Å²) in [4.78, 5) is 13.5. The van der Waals surface area contributed by atoms with Gasteiger partial charge in [0.1, 0.15) is 0 Å². The summed E-state index contributed by atoms with van der Waals surface area (Å²) >= 11 is 1.75. The van der Waals surface area contributed by atoms with Gasteiger partial charge in [-0.05, 0) is 47.2 Å². The monoisotopic (exact) mass is 291 g/mol. The number of carbonyl (C=O) groups is 1. The molecule has 1 N–H and O–H groups in total. The molecule has 0 fully saturated rings. The Hall–Kier alpha value is -1.89. The van der Waals surface area contributed by atoms with Crippen LogP contribution in [0.3, 0.4) is 0 Å². The lowest BCUT2D eigenvalue weighted by atomic mass is 10.1. The Bertz CT molecular complexity index is 638. The number of tetrazole rings is 1. The van der Waals surface area contributed by atoms with Gasteiger partial charge in [-0.25, -0.2) is 4.68 Å². The third kappa shape index (κ3) is 2.82. The van der Waals surface area contributed by atoms with Gasteiger partial charge in [0.05, 0.1) is 0 Å². The Labute approximate surface area is 121 Å². The fraction of sp³-hybridized carbons (Fsp3) is 0.385. The highest BCUT2D eigenvalue weighted by Gasteiger charge is 2.15. The Kier molecular flexibility index (Phi) is 4.39. The topological polar surface area (TPSA) is 72.7 Å². The molecule has 2 rings (SSSR count). The molecule has 0 radical (unpaired) electrons. The number of carbonyl (C=O) groups excluding carboxylic acids is 1. The highest BCUT2D eigenvalue weighted by molar-refractivity contribution is 7.99. The highest BCUT2D eigenvalue weighted by Crippen LogP contribution is 2.28. The normalized spacial score (nSPS) is 10.6. The molecule has 20 heavy (non-hydrogen) atoms. The Morgan fingerprint density at radius 3 is 2.75 bits per heavy atom.